The molecular weight excluding hydrogens is 492 g/mol. The zero-order valence-corrected chi connectivity index (χ0v) is 20.1. The van der Waals surface area contributed by atoms with Crippen LogP contribution >= 0.6 is 0 Å². The van der Waals surface area contributed by atoms with Crippen molar-refractivity contribution in [3.63, 3.8) is 0 Å². The monoisotopic (exact) mass is 513 g/mol. The van der Waals surface area contributed by atoms with Crippen LogP contribution in [0, 0.1) is 11.6 Å². The van der Waals surface area contributed by atoms with E-state index < -0.39 is 23.5 Å². The maximum atomic E-state index is 15.0. The van der Waals surface area contributed by atoms with Crippen LogP contribution in [0.25, 0.3) is 27.7 Å². The molecule has 0 aliphatic rings. The number of nitrogens with zero attached hydrogens (tertiary/aromatic N) is 3. The van der Waals surface area contributed by atoms with Gasteiger partial charge in [-0.15, -0.1) is 10.2 Å². The highest BCUT2D eigenvalue weighted by molar-refractivity contribution is 5.97. The normalized spacial score (nSPS) is 11.4. The number of fused-ring (bicyclic) bond motifs is 1. The highest BCUT2D eigenvalue weighted by Crippen LogP contribution is 2.44. The number of phenolic OH excluding ortho intramolecular Hbond substituents is 1. The Hall–Kier alpha value is -5.05. The Kier molecular flexibility index (Phi) is 6.34. The summed E-state index contributed by atoms with van der Waals surface area (Å²) in [5, 5.41) is 39.3. The average Bonchev–Trinajstić information content (AvgIpc) is 3.19. The molecule has 9 heteroatoms. The van der Waals surface area contributed by atoms with Crippen molar-refractivity contribution in [2.75, 3.05) is 0 Å². The number of carboxylic acid groups (broad SMARTS) is 1. The smallest absolute Gasteiger partial charge is 0.335 e. The van der Waals surface area contributed by atoms with Gasteiger partial charge in [0.1, 0.15) is 11.5 Å². The van der Waals surface area contributed by atoms with Gasteiger partial charge in [0, 0.05) is 22.7 Å². The van der Waals surface area contributed by atoms with Gasteiger partial charge in [0.25, 0.3) is 0 Å². The van der Waals surface area contributed by atoms with E-state index in [1.807, 2.05) is 19.1 Å². The van der Waals surface area contributed by atoms with Crippen molar-refractivity contribution in [3.8, 4) is 28.4 Å². The van der Waals surface area contributed by atoms with E-state index in [1.165, 1.54) is 22.8 Å². The first-order valence-corrected chi connectivity index (χ1v) is 11.7. The summed E-state index contributed by atoms with van der Waals surface area (Å²) >= 11 is 0. The molecule has 4 aromatic carbocycles. The van der Waals surface area contributed by atoms with Crippen LogP contribution in [0.3, 0.4) is 0 Å². The minimum Gasteiger partial charge on any atom is -0.505 e. The largest absolute Gasteiger partial charge is 0.505 e. The van der Waals surface area contributed by atoms with Crippen molar-refractivity contribution in [1.82, 2.24) is 4.57 Å². The van der Waals surface area contributed by atoms with Gasteiger partial charge in [-0.1, -0.05) is 43.3 Å². The third-order valence-electron chi connectivity index (χ3n) is 6.23. The molecule has 0 bridgehead atoms. The number of aromatic hydroxyl groups is 2. The molecule has 0 spiro atoms. The summed E-state index contributed by atoms with van der Waals surface area (Å²) in [5.74, 6) is -3.60. The van der Waals surface area contributed by atoms with Crippen LogP contribution in [0.2, 0.25) is 0 Å². The predicted octanol–water partition coefficient (Wildman–Crippen LogP) is 7.66. The fourth-order valence-electron chi connectivity index (χ4n) is 4.31. The van der Waals surface area contributed by atoms with E-state index in [0.717, 1.165) is 24.1 Å². The van der Waals surface area contributed by atoms with Gasteiger partial charge in [-0.25, -0.2) is 13.6 Å². The summed E-state index contributed by atoms with van der Waals surface area (Å²) in [7, 11) is 0. The molecule has 190 valence electrons. The first-order valence-electron chi connectivity index (χ1n) is 11.7. The number of hydrogen-bond donors (Lipinski definition) is 3. The molecule has 0 amide bonds. The summed E-state index contributed by atoms with van der Waals surface area (Å²) < 4.78 is 30.4. The second-order valence-electron chi connectivity index (χ2n) is 8.57. The van der Waals surface area contributed by atoms with E-state index in [2.05, 4.69) is 10.2 Å². The molecule has 1 aromatic heterocycles. The molecule has 5 rings (SSSR count). The van der Waals surface area contributed by atoms with Crippen molar-refractivity contribution >= 4 is 28.2 Å². The molecular formula is C29H21F2N3O4. The van der Waals surface area contributed by atoms with E-state index >= 15 is 0 Å². The number of aromatic nitrogens is 1. The van der Waals surface area contributed by atoms with Crippen molar-refractivity contribution in [1.29, 1.82) is 0 Å². The van der Waals surface area contributed by atoms with Crippen LogP contribution in [-0.4, -0.2) is 25.9 Å². The molecule has 0 fully saturated rings. The molecule has 38 heavy (non-hydrogen) atoms. The van der Waals surface area contributed by atoms with Crippen LogP contribution in [0.15, 0.2) is 89.1 Å². The number of aromatic carboxylic acids is 1. The molecule has 7 nitrogen and oxygen atoms in total. The van der Waals surface area contributed by atoms with Crippen LogP contribution in [-0.2, 0) is 6.42 Å². The van der Waals surface area contributed by atoms with Crippen molar-refractivity contribution in [2.24, 2.45) is 10.2 Å². The Morgan fingerprint density at radius 1 is 0.921 bits per heavy atom. The summed E-state index contributed by atoms with van der Waals surface area (Å²) in [6.45, 7) is 1.99. The maximum Gasteiger partial charge on any atom is 0.335 e. The highest BCUT2D eigenvalue weighted by Gasteiger charge is 2.22. The lowest BCUT2D eigenvalue weighted by Gasteiger charge is -2.08. The fourth-order valence-corrected chi connectivity index (χ4v) is 4.31. The van der Waals surface area contributed by atoms with E-state index in [9.17, 15) is 28.9 Å². The summed E-state index contributed by atoms with van der Waals surface area (Å²) in [4.78, 5) is 11.3. The molecule has 0 radical (unpaired) electrons. The molecule has 5 aromatic rings. The zero-order valence-electron chi connectivity index (χ0n) is 20.1. The van der Waals surface area contributed by atoms with Gasteiger partial charge in [-0.05, 0) is 53.9 Å². The van der Waals surface area contributed by atoms with Gasteiger partial charge in [0.05, 0.1) is 11.1 Å². The van der Waals surface area contributed by atoms with Crippen LogP contribution in [0.4, 0.5) is 20.2 Å². The van der Waals surface area contributed by atoms with Gasteiger partial charge >= 0.3 is 5.97 Å². The molecule has 3 N–H and O–H groups in total. The standard InChI is InChI=1S/C29H21F2N3O4/c1-2-16-9-11-20(12-10-16)34-26-22(14-19(30)15-23(26)31)25(28(34)36)33-32-24-8-4-7-21(27(24)35)17-5-3-6-18(13-17)29(37)38/h3-15,35-36H,2H2,1H3,(H,37,38). The molecule has 0 atom stereocenters. The van der Waals surface area contributed by atoms with Crippen molar-refractivity contribution < 1.29 is 28.9 Å². The van der Waals surface area contributed by atoms with Gasteiger partial charge < -0.3 is 15.3 Å². The van der Waals surface area contributed by atoms with Crippen molar-refractivity contribution in [3.05, 3.63) is 102 Å². The van der Waals surface area contributed by atoms with Crippen LogP contribution < -0.4 is 0 Å². The Balaban J connectivity index is 1.63. The average molecular weight is 514 g/mol. The van der Waals surface area contributed by atoms with E-state index in [4.69, 9.17) is 0 Å². The number of azo groups is 1. The Labute approximate surface area is 215 Å². The third-order valence-corrected chi connectivity index (χ3v) is 6.23. The number of halogens is 2. The quantitative estimate of drug-likeness (QED) is 0.203. The second-order valence-corrected chi connectivity index (χ2v) is 8.57. The maximum absolute atomic E-state index is 15.0. The van der Waals surface area contributed by atoms with E-state index in [0.29, 0.717) is 16.8 Å². The number of rotatable bonds is 6. The van der Waals surface area contributed by atoms with Crippen LogP contribution in [0.5, 0.6) is 11.6 Å². The van der Waals surface area contributed by atoms with E-state index in [-0.39, 0.29) is 33.6 Å². The van der Waals surface area contributed by atoms with Gasteiger partial charge in [0.15, 0.2) is 17.3 Å². The summed E-state index contributed by atoms with van der Waals surface area (Å²) in [5.41, 5.74) is 2.03. The highest BCUT2D eigenvalue weighted by atomic mass is 19.1. The zero-order chi connectivity index (χ0) is 27.0. The first-order chi connectivity index (χ1) is 18.3. The molecule has 1 heterocycles. The lowest BCUT2D eigenvalue weighted by Crippen LogP contribution is -1.96. The summed E-state index contributed by atoms with van der Waals surface area (Å²) in [6.07, 6.45) is 0.793. The predicted molar refractivity (Wildman–Crippen MR) is 139 cm³/mol. The van der Waals surface area contributed by atoms with Crippen LogP contribution in [0.1, 0.15) is 22.8 Å². The Morgan fingerprint density at radius 2 is 1.66 bits per heavy atom. The van der Waals surface area contributed by atoms with E-state index in [1.54, 1.807) is 36.4 Å². The number of para-hydroxylation sites is 1. The number of carbonyl (C=O) groups is 1. The first kappa shape index (κ1) is 24.6. The number of phenols is 1. The van der Waals surface area contributed by atoms with Gasteiger partial charge in [0.2, 0.25) is 5.88 Å². The SMILES string of the molecule is CCc1ccc(-n2c(O)c(N=Nc3cccc(-c4cccc(C(=O)O)c4)c3O)c3cc(F)cc(F)c32)cc1. The molecule has 0 aliphatic heterocycles. The minimum absolute atomic E-state index is 0.00637. The number of carboxylic acids is 1. The van der Waals surface area contributed by atoms with Gasteiger partial charge in [-0.3, -0.25) is 4.57 Å². The number of aryl methyl sites for hydroxylation is 1. The molecule has 0 saturated heterocycles. The topological polar surface area (TPSA) is 107 Å². The number of hydrogen-bond acceptors (Lipinski definition) is 5. The fraction of sp³-hybridized carbons (Fsp3) is 0.0690. The molecule has 0 unspecified atom stereocenters. The lowest BCUT2D eigenvalue weighted by atomic mass is 10.0. The minimum atomic E-state index is -1.11. The Bertz CT molecular complexity index is 1730. The molecule has 0 aliphatic carbocycles. The molecule has 0 saturated carbocycles. The lowest BCUT2D eigenvalue weighted by molar-refractivity contribution is 0.0697. The second kappa shape index (κ2) is 9.78. The van der Waals surface area contributed by atoms with Crippen molar-refractivity contribution in [2.45, 2.75) is 13.3 Å². The Morgan fingerprint density at radius 3 is 2.37 bits per heavy atom. The third kappa shape index (κ3) is 4.34. The summed E-state index contributed by atoms with van der Waals surface area (Å²) in [6, 6.07) is 19.5. The van der Waals surface area contributed by atoms with Gasteiger partial charge in [-0.2, -0.15) is 0 Å². The number of benzene rings is 4.